The van der Waals surface area contributed by atoms with Gasteiger partial charge in [-0.25, -0.2) is 0 Å². The van der Waals surface area contributed by atoms with Crippen molar-refractivity contribution in [3.8, 4) is 0 Å². The van der Waals surface area contributed by atoms with Crippen molar-refractivity contribution in [2.45, 2.75) is 45.4 Å². The Labute approximate surface area is 167 Å². The lowest BCUT2D eigenvalue weighted by Crippen LogP contribution is -2.51. The zero-order valence-corrected chi connectivity index (χ0v) is 18.0. The fourth-order valence-corrected chi connectivity index (χ4v) is 4.46. The molecule has 0 aromatic heterocycles. The van der Waals surface area contributed by atoms with Crippen molar-refractivity contribution in [1.82, 2.24) is 15.1 Å². The molecule has 0 spiro atoms. The Bertz CT molecular complexity index is 632. The molecule has 2 amide bonds. The van der Waals surface area contributed by atoms with Crippen molar-refractivity contribution in [2.75, 3.05) is 45.0 Å². The molecule has 0 unspecified atom stereocenters. The molecule has 0 bridgehead atoms. The van der Waals surface area contributed by atoms with Crippen LogP contribution in [0.2, 0.25) is 0 Å². The van der Waals surface area contributed by atoms with Gasteiger partial charge in [-0.05, 0) is 38.3 Å². The third-order valence-electron chi connectivity index (χ3n) is 4.89. The van der Waals surface area contributed by atoms with Crippen LogP contribution in [0.25, 0.3) is 0 Å². The quantitative estimate of drug-likeness (QED) is 0.547. The molecule has 1 heterocycles. The number of carbonyl (C=O) groups excluding carboxylic acids is 2. The van der Waals surface area contributed by atoms with E-state index in [9.17, 15) is 9.59 Å². The van der Waals surface area contributed by atoms with E-state index in [-0.39, 0.29) is 11.8 Å². The van der Waals surface area contributed by atoms with Gasteiger partial charge in [0.15, 0.2) is 0 Å². The second-order valence-electron chi connectivity index (χ2n) is 7.38. The summed E-state index contributed by atoms with van der Waals surface area (Å²) in [4.78, 5) is 29.8. The third-order valence-corrected chi connectivity index (χ3v) is 6.21. The summed E-state index contributed by atoms with van der Waals surface area (Å²) in [6.07, 6.45) is 2.10. The minimum absolute atomic E-state index is 0.0871. The Balaban J connectivity index is 1.74. The second-order valence-corrected chi connectivity index (χ2v) is 8.36. The smallest absolute Gasteiger partial charge is 0.234 e. The summed E-state index contributed by atoms with van der Waals surface area (Å²) in [6, 6.07) is 4.34. The van der Waals surface area contributed by atoms with Gasteiger partial charge in [-0.15, -0.1) is 11.8 Å². The maximum absolute atomic E-state index is 12.6. The lowest BCUT2D eigenvalue weighted by molar-refractivity contribution is -0.130. The summed E-state index contributed by atoms with van der Waals surface area (Å²) in [7, 11) is 0. The zero-order chi connectivity index (χ0) is 19.8. The number of hydrogen-bond acceptors (Lipinski definition) is 4. The third kappa shape index (κ3) is 6.85. The molecule has 1 aliphatic rings. The summed E-state index contributed by atoms with van der Waals surface area (Å²) in [5.41, 5.74) is 3.74. The minimum Gasteiger partial charge on any atom is -0.355 e. The lowest BCUT2D eigenvalue weighted by atomic mass is 10.1. The number of piperazine rings is 1. The molecular weight excluding hydrogens is 358 g/mol. The van der Waals surface area contributed by atoms with Crippen molar-refractivity contribution in [2.24, 2.45) is 0 Å². The number of carbonyl (C=O) groups is 2. The van der Waals surface area contributed by atoms with Crippen molar-refractivity contribution in [3.05, 3.63) is 28.8 Å². The fourth-order valence-electron chi connectivity index (χ4n) is 3.44. The van der Waals surface area contributed by atoms with E-state index in [0.717, 1.165) is 32.5 Å². The van der Waals surface area contributed by atoms with E-state index in [4.69, 9.17) is 0 Å². The van der Waals surface area contributed by atoms with Crippen LogP contribution in [0.4, 0.5) is 0 Å². The molecule has 0 radical (unpaired) electrons. The van der Waals surface area contributed by atoms with Crippen molar-refractivity contribution in [1.29, 1.82) is 0 Å². The Kier molecular flexibility index (Phi) is 8.64. The van der Waals surface area contributed by atoms with Crippen LogP contribution in [0.15, 0.2) is 17.0 Å². The van der Waals surface area contributed by atoms with Crippen molar-refractivity contribution < 1.29 is 9.59 Å². The number of hydrogen-bond donors (Lipinski definition) is 1. The average Bonchev–Trinajstić information content (AvgIpc) is 2.61. The summed E-state index contributed by atoms with van der Waals surface area (Å²) >= 11 is 1.64. The maximum Gasteiger partial charge on any atom is 0.234 e. The molecule has 0 aliphatic carbocycles. The molecule has 27 heavy (non-hydrogen) atoms. The maximum atomic E-state index is 12.6. The first-order chi connectivity index (χ1) is 12.9. The predicted molar refractivity (Wildman–Crippen MR) is 112 cm³/mol. The van der Waals surface area contributed by atoms with Gasteiger partial charge in [-0.3, -0.25) is 14.5 Å². The Morgan fingerprint density at radius 2 is 1.70 bits per heavy atom. The van der Waals surface area contributed by atoms with Gasteiger partial charge in [0, 0.05) is 37.6 Å². The van der Waals surface area contributed by atoms with Crippen LogP contribution in [0.5, 0.6) is 0 Å². The zero-order valence-electron chi connectivity index (χ0n) is 17.1. The molecule has 0 saturated carbocycles. The van der Waals surface area contributed by atoms with Gasteiger partial charge in [0.05, 0.1) is 12.3 Å². The van der Waals surface area contributed by atoms with Gasteiger partial charge in [-0.1, -0.05) is 31.0 Å². The first kappa shape index (κ1) is 21.8. The Hall–Kier alpha value is -1.53. The SMILES string of the molecule is CCCCNC(=O)CN1CCN(C(=O)CSc2c(C)cc(C)cc2C)CC1. The normalized spacial score (nSPS) is 15.0. The van der Waals surface area contributed by atoms with Crippen LogP contribution < -0.4 is 5.32 Å². The minimum atomic E-state index is 0.0871. The van der Waals surface area contributed by atoms with Crippen LogP contribution in [0.1, 0.15) is 36.5 Å². The molecular formula is C21H33N3O2S. The summed E-state index contributed by atoms with van der Waals surface area (Å²) in [6.45, 7) is 12.5. The van der Waals surface area contributed by atoms with E-state index in [1.807, 2.05) is 4.90 Å². The number of thioether (sulfide) groups is 1. The van der Waals surface area contributed by atoms with Gasteiger partial charge in [-0.2, -0.15) is 0 Å². The van der Waals surface area contributed by atoms with E-state index in [2.05, 4.69) is 50.0 Å². The molecule has 5 nitrogen and oxygen atoms in total. The number of rotatable bonds is 8. The van der Waals surface area contributed by atoms with E-state index in [1.165, 1.54) is 21.6 Å². The second kappa shape index (κ2) is 10.7. The highest BCUT2D eigenvalue weighted by Crippen LogP contribution is 2.27. The molecule has 150 valence electrons. The largest absolute Gasteiger partial charge is 0.355 e. The molecule has 6 heteroatoms. The molecule has 1 aromatic carbocycles. The summed E-state index contributed by atoms with van der Waals surface area (Å²) in [5, 5.41) is 2.95. The molecule has 1 aromatic rings. The number of nitrogens with one attached hydrogen (secondary N) is 1. The van der Waals surface area contributed by atoms with Crippen LogP contribution in [-0.4, -0.2) is 66.6 Å². The first-order valence-corrected chi connectivity index (χ1v) is 10.9. The molecule has 1 N–H and O–H groups in total. The van der Waals surface area contributed by atoms with E-state index in [1.54, 1.807) is 11.8 Å². The highest BCUT2D eigenvalue weighted by Gasteiger charge is 2.22. The van der Waals surface area contributed by atoms with Crippen LogP contribution in [0.3, 0.4) is 0 Å². The van der Waals surface area contributed by atoms with E-state index < -0.39 is 0 Å². The molecule has 1 saturated heterocycles. The fraction of sp³-hybridized carbons (Fsp3) is 0.619. The molecule has 1 fully saturated rings. The average molecular weight is 392 g/mol. The van der Waals surface area contributed by atoms with Crippen LogP contribution >= 0.6 is 11.8 Å². The van der Waals surface area contributed by atoms with Gasteiger partial charge in [0.2, 0.25) is 11.8 Å². The predicted octanol–water partition coefficient (Wildman–Crippen LogP) is 2.76. The monoisotopic (exact) mass is 391 g/mol. The summed E-state index contributed by atoms with van der Waals surface area (Å²) in [5.74, 6) is 0.748. The number of unbranched alkanes of at least 4 members (excludes halogenated alkanes) is 1. The van der Waals surface area contributed by atoms with Gasteiger partial charge in [0.1, 0.15) is 0 Å². The number of nitrogens with zero attached hydrogens (tertiary/aromatic N) is 2. The Morgan fingerprint density at radius 3 is 2.30 bits per heavy atom. The van der Waals surface area contributed by atoms with Crippen molar-refractivity contribution in [3.63, 3.8) is 0 Å². The number of aryl methyl sites for hydroxylation is 3. The van der Waals surface area contributed by atoms with Crippen LogP contribution in [0, 0.1) is 20.8 Å². The number of amides is 2. The van der Waals surface area contributed by atoms with E-state index in [0.29, 0.717) is 25.4 Å². The van der Waals surface area contributed by atoms with Gasteiger partial charge in [0.25, 0.3) is 0 Å². The Morgan fingerprint density at radius 1 is 1.07 bits per heavy atom. The van der Waals surface area contributed by atoms with Crippen LogP contribution in [-0.2, 0) is 9.59 Å². The standard InChI is InChI=1S/C21H33N3O2S/c1-5-6-7-22-19(25)14-23-8-10-24(11-9-23)20(26)15-27-21-17(3)12-16(2)13-18(21)4/h12-13H,5-11,14-15H2,1-4H3,(H,22,25). The number of benzene rings is 1. The first-order valence-electron chi connectivity index (χ1n) is 9.88. The lowest BCUT2D eigenvalue weighted by Gasteiger charge is -2.34. The topological polar surface area (TPSA) is 52.7 Å². The van der Waals surface area contributed by atoms with Gasteiger partial charge >= 0.3 is 0 Å². The molecule has 1 aliphatic heterocycles. The molecule has 0 atom stereocenters. The van der Waals surface area contributed by atoms with Gasteiger partial charge < -0.3 is 10.2 Å². The van der Waals surface area contributed by atoms with Crippen molar-refractivity contribution >= 4 is 23.6 Å². The highest BCUT2D eigenvalue weighted by molar-refractivity contribution is 8.00. The summed E-state index contributed by atoms with van der Waals surface area (Å²) < 4.78 is 0. The highest BCUT2D eigenvalue weighted by atomic mass is 32.2. The van der Waals surface area contributed by atoms with E-state index >= 15 is 0 Å². The molecule has 2 rings (SSSR count).